The largest absolute Gasteiger partial charge is 0.483 e. The van der Waals surface area contributed by atoms with E-state index in [1.165, 1.54) is 5.56 Å². The zero-order valence-electron chi connectivity index (χ0n) is 12.4. The van der Waals surface area contributed by atoms with Gasteiger partial charge in [0.15, 0.2) is 6.61 Å². The third kappa shape index (κ3) is 4.85. The van der Waals surface area contributed by atoms with Gasteiger partial charge in [-0.3, -0.25) is 4.79 Å². The summed E-state index contributed by atoms with van der Waals surface area (Å²) in [6.07, 6.45) is 0. The fourth-order valence-electron chi connectivity index (χ4n) is 1.88. The zero-order valence-corrected chi connectivity index (χ0v) is 15.6. The van der Waals surface area contributed by atoms with Crippen LogP contribution in [0.15, 0.2) is 51.4 Å². The molecule has 0 saturated carbocycles. The molecule has 22 heavy (non-hydrogen) atoms. The smallest absolute Gasteiger partial charge is 0.262 e. The van der Waals surface area contributed by atoms with Crippen LogP contribution in [0.25, 0.3) is 0 Å². The third-order valence-corrected chi connectivity index (χ3v) is 4.23. The van der Waals surface area contributed by atoms with Gasteiger partial charge in [-0.05, 0) is 57.7 Å². The van der Waals surface area contributed by atoms with E-state index >= 15 is 0 Å². The second-order valence-electron chi connectivity index (χ2n) is 5.19. The van der Waals surface area contributed by atoms with Crippen LogP contribution in [-0.4, -0.2) is 12.5 Å². The molecule has 2 aromatic rings. The maximum absolute atomic E-state index is 11.9. The summed E-state index contributed by atoms with van der Waals surface area (Å²) in [7, 11) is 0. The number of halogens is 2. The summed E-state index contributed by atoms with van der Waals surface area (Å²) in [4.78, 5) is 11.9. The Labute approximate surface area is 147 Å². The Balaban J connectivity index is 1.90. The summed E-state index contributed by atoms with van der Waals surface area (Å²) >= 11 is 6.77. The van der Waals surface area contributed by atoms with Gasteiger partial charge in [0.05, 0.1) is 4.47 Å². The first-order valence-corrected chi connectivity index (χ1v) is 8.52. The molecule has 0 bridgehead atoms. The molecule has 116 valence electrons. The van der Waals surface area contributed by atoms with Crippen LogP contribution in [0.3, 0.4) is 0 Å². The Hall–Kier alpha value is -1.33. The van der Waals surface area contributed by atoms with Crippen molar-refractivity contribution in [2.75, 3.05) is 11.9 Å². The van der Waals surface area contributed by atoms with Gasteiger partial charge in [0.25, 0.3) is 5.91 Å². The minimum Gasteiger partial charge on any atom is -0.483 e. The van der Waals surface area contributed by atoms with E-state index in [9.17, 15) is 4.79 Å². The molecule has 1 amide bonds. The molecule has 0 heterocycles. The van der Waals surface area contributed by atoms with Crippen molar-refractivity contribution in [3.05, 3.63) is 57.0 Å². The van der Waals surface area contributed by atoms with Gasteiger partial charge >= 0.3 is 0 Å². The van der Waals surface area contributed by atoms with Crippen LogP contribution < -0.4 is 10.1 Å². The maximum Gasteiger partial charge on any atom is 0.262 e. The number of benzene rings is 2. The van der Waals surface area contributed by atoms with Crippen molar-refractivity contribution < 1.29 is 9.53 Å². The average molecular weight is 427 g/mol. The van der Waals surface area contributed by atoms with Gasteiger partial charge in [-0.1, -0.05) is 41.9 Å². The number of nitrogens with one attached hydrogen (secondary N) is 1. The van der Waals surface area contributed by atoms with Gasteiger partial charge in [0.2, 0.25) is 0 Å². The van der Waals surface area contributed by atoms with Crippen LogP contribution in [0.5, 0.6) is 5.75 Å². The molecule has 0 fully saturated rings. The molecule has 0 aromatic heterocycles. The van der Waals surface area contributed by atoms with Crippen LogP contribution in [0, 0.1) is 0 Å². The molecule has 2 rings (SSSR count). The first-order chi connectivity index (χ1) is 10.5. The van der Waals surface area contributed by atoms with Crippen molar-refractivity contribution in [1.29, 1.82) is 0 Å². The summed E-state index contributed by atoms with van der Waals surface area (Å²) < 4.78 is 7.26. The van der Waals surface area contributed by atoms with Crippen LogP contribution in [0.2, 0.25) is 0 Å². The number of amides is 1. The van der Waals surface area contributed by atoms with E-state index in [2.05, 4.69) is 51.0 Å². The predicted molar refractivity (Wildman–Crippen MR) is 96.5 cm³/mol. The van der Waals surface area contributed by atoms with Gasteiger partial charge in [-0.15, -0.1) is 0 Å². The minimum atomic E-state index is -0.188. The molecule has 0 unspecified atom stereocenters. The van der Waals surface area contributed by atoms with Crippen molar-refractivity contribution in [2.45, 2.75) is 19.8 Å². The Kier molecular flexibility index (Phi) is 6.03. The molecule has 3 nitrogen and oxygen atoms in total. The second kappa shape index (κ2) is 7.79. The first kappa shape index (κ1) is 17.0. The molecule has 0 spiro atoms. The van der Waals surface area contributed by atoms with Crippen LogP contribution in [0.4, 0.5) is 5.69 Å². The Morgan fingerprint density at radius 3 is 2.41 bits per heavy atom. The third-order valence-electron chi connectivity index (χ3n) is 3.11. The molecule has 2 aromatic carbocycles. The summed E-state index contributed by atoms with van der Waals surface area (Å²) in [5.74, 6) is 0.920. The Morgan fingerprint density at radius 1 is 1.14 bits per heavy atom. The predicted octanol–water partition coefficient (Wildman–Crippen LogP) is 5.35. The van der Waals surface area contributed by atoms with Crippen molar-refractivity contribution in [2.24, 2.45) is 0 Å². The monoisotopic (exact) mass is 425 g/mol. The molecular formula is C17H17Br2NO2. The lowest BCUT2D eigenvalue weighted by Crippen LogP contribution is -2.20. The molecule has 0 saturated heterocycles. The average Bonchev–Trinajstić information content (AvgIpc) is 2.47. The van der Waals surface area contributed by atoms with Crippen molar-refractivity contribution in [3.8, 4) is 5.75 Å². The Morgan fingerprint density at radius 2 is 1.82 bits per heavy atom. The van der Waals surface area contributed by atoms with E-state index in [0.717, 1.165) is 14.6 Å². The molecule has 0 aliphatic rings. The normalized spacial score (nSPS) is 10.6. The number of carbonyl (C=O) groups is 1. The Bertz CT molecular complexity index is 654. The number of rotatable bonds is 5. The van der Waals surface area contributed by atoms with E-state index < -0.39 is 0 Å². The number of ether oxygens (including phenoxy) is 1. The van der Waals surface area contributed by atoms with Crippen LogP contribution in [-0.2, 0) is 4.79 Å². The number of hydrogen-bond donors (Lipinski definition) is 1. The van der Waals surface area contributed by atoms with Crippen LogP contribution >= 0.6 is 31.9 Å². The highest BCUT2D eigenvalue weighted by Crippen LogP contribution is 2.28. The SMILES string of the molecule is CC(C)c1ccc(NC(=O)COc2ccc(Br)cc2Br)cc1. The fraction of sp³-hybridized carbons (Fsp3) is 0.235. The minimum absolute atomic E-state index is 0.0356. The topological polar surface area (TPSA) is 38.3 Å². The van der Waals surface area contributed by atoms with Crippen molar-refractivity contribution in [3.63, 3.8) is 0 Å². The lowest BCUT2D eigenvalue weighted by atomic mass is 10.0. The molecular weight excluding hydrogens is 410 g/mol. The fourth-order valence-corrected chi connectivity index (χ4v) is 3.05. The van der Waals surface area contributed by atoms with Crippen molar-refractivity contribution >= 4 is 43.5 Å². The van der Waals surface area contributed by atoms with Gasteiger partial charge in [0.1, 0.15) is 5.75 Å². The summed E-state index contributed by atoms with van der Waals surface area (Å²) in [5, 5.41) is 2.82. The molecule has 0 atom stereocenters. The van der Waals surface area contributed by atoms with E-state index in [1.54, 1.807) is 6.07 Å². The van der Waals surface area contributed by atoms with Crippen molar-refractivity contribution in [1.82, 2.24) is 0 Å². The van der Waals surface area contributed by atoms with E-state index in [1.807, 2.05) is 36.4 Å². The summed E-state index contributed by atoms with van der Waals surface area (Å²) in [6, 6.07) is 13.4. The lowest BCUT2D eigenvalue weighted by molar-refractivity contribution is -0.118. The van der Waals surface area contributed by atoms with Gasteiger partial charge in [0, 0.05) is 10.2 Å². The highest BCUT2D eigenvalue weighted by atomic mass is 79.9. The summed E-state index contributed by atoms with van der Waals surface area (Å²) in [5.41, 5.74) is 2.01. The molecule has 0 aliphatic carbocycles. The zero-order chi connectivity index (χ0) is 16.1. The number of hydrogen-bond acceptors (Lipinski definition) is 2. The number of carbonyl (C=O) groups excluding carboxylic acids is 1. The number of anilines is 1. The maximum atomic E-state index is 11.9. The highest BCUT2D eigenvalue weighted by Gasteiger charge is 2.07. The standard InChI is InChI=1S/C17H17Br2NO2/c1-11(2)12-3-6-14(7-4-12)20-17(21)10-22-16-8-5-13(18)9-15(16)19/h3-9,11H,10H2,1-2H3,(H,20,21). The van der Waals surface area contributed by atoms with Gasteiger partial charge in [-0.2, -0.15) is 0 Å². The first-order valence-electron chi connectivity index (χ1n) is 6.93. The quantitative estimate of drug-likeness (QED) is 0.699. The second-order valence-corrected chi connectivity index (χ2v) is 6.96. The van der Waals surface area contributed by atoms with Crippen LogP contribution in [0.1, 0.15) is 25.3 Å². The molecule has 1 N–H and O–H groups in total. The summed E-state index contributed by atoms with van der Waals surface area (Å²) in [6.45, 7) is 4.24. The molecule has 0 radical (unpaired) electrons. The van der Waals surface area contributed by atoms with E-state index in [-0.39, 0.29) is 12.5 Å². The van der Waals surface area contributed by atoms with Gasteiger partial charge < -0.3 is 10.1 Å². The lowest BCUT2D eigenvalue weighted by Gasteiger charge is -2.10. The molecule has 0 aliphatic heterocycles. The van der Waals surface area contributed by atoms with Gasteiger partial charge in [-0.25, -0.2) is 0 Å². The van der Waals surface area contributed by atoms with E-state index in [4.69, 9.17) is 4.74 Å². The highest BCUT2D eigenvalue weighted by molar-refractivity contribution is 9.11. The molecule has 5 heteroatoms. The van der Waals surface area contributed by atoms with E-state index in [0.29, 0.717) is 11.7 Å².